The molecule has 1 atom stereocenters. The fourth-order valence-electron chi connectivity index (χ4n) is 3.43. The van der Waals surface area contributed by atoms with Crippen molar-refractivity contribution in [2.24, 2.45) is 5.92 Å². The van der Waals surface area contributed by atoms with E-state index in [1.54, 1.807) is 24.3 Å². The number of methoxy groups -OCH3 is 1. The van der Waals surface area contributed by atoms with Crippen LogP contribution in [-0.2, 0) is 22.4 Å². The van der Waals surface area contributed by atoms with Gasteiger partial charge in [0.15, 0.2) is 17.3 Å². The van der Waals surface area contributed by atoms with Gasteiger partial charge in [0, 0.05) is 5.56 Å². The van der Waals surface area contributed by atoms with Gasteiger partial charge in [-0.1, -0.05) is 19.4 Å². The van der Waals surface area contributed by atoms with Gasteiger partial charge < -0.3 is 24.1 Å². The minimum Gasteiger partial charge on any atom is -0.507 e. The fourth-order valence-corrected chi connectivity index (χ4v) is 3.43. The van der Waals surface area contributed by atoms with Crippen LogP contribution in [0.2, 0.25) is 0 Å². The Morgan fingerprint density at radius 1 is 1.13 bits per heavy atom. The Bertz CT molecular complexity index is 951. The van der Waals surface area contributed by atoms with Crippen LogP contribution in [0.4, 0.5) is 0 Å². The van der Waals surface area contributed by atoms with E-state index in [-0.39, 0.29) is 29.8 Å². The highest BCUT2D eigenvalue weighted by molar-refractivity contribution is 5.97. The quantitative estimate of drug-likeness (QED) is 0.506. The number of phenols is 1. The first-order chi connectivity index (χ1) is 14.9. The topological polar surface area (TPSA) is 91.3 Å². The second-order valence-corrected chi connectivity index (χ2v) is 7.58. The van der Waals surface area contributed by atoms with Crippen LogP contribution in [0.1, 0.15) is 41.8 Å². The summed E-state index contributed by atoms with van der Waals surface area (Å²) in [5, 5.41) is 10.5. The summed E-state index contributed by atoms with van der Waals surface area (Å²) in [4.78, 5) is 23.2. The molecule has 3 rings (SSSR count). The molecule has 0 spiro atoms. The lowest BCUT2D eigenvalue weighted by atomic mass is 10.0. The summed E-state index contributed by atoms with van der Waals surface area (Å²) in [5.41, 5.74) is 1.73. The zero-order valence-electron chi connectivity index (χ0n) is 18.1. The van der Waals surface area contributed by atoms with Gasteiger partial charge in [-0.3, -0.25) is 9.59 Å². The summed E-state index contributed by atoms with van der Waals surface area (Å²) in [5.74, 6) is 1.21. The first-order valence-electron chi connectivity index (χ1n) is 10.4. The summed E-state index contributed by atoms with van der Waals surface area (Å²) in [7, 11) is 1.36. The summed E-state index contributed by atoms with van der Waals surface area (Å²) in [6, 6.07) is 8.70. The van der Waals surface area contributed by atoms with Gasteiger partial charge in [-0.25, -0.2) is 0 Å². The Morgan fingerprint density at radius 2 is 1.87 bits per heavy atom. The Kier molecular flexibility index (Phi) is 7.39. The van der Waals surface area contributed by atoms with Gasteiger partial charge in [-0.05, 0) is 43.2 Å². The number of carbonyl (C=O) groups is 2. The standard InChI is InChI=1S/C24H28O7/c1-4-5-19-20(9-7-18(15(2)25)24(19)27)29-12-17-13-30-21-8-6-16(11-23(26)28-3)10-22(21)31-14-17/h6-10,17,27H,4-5,11-14H2,1-3H3. The Morgan fingerprint density at radius 3 is 2.55 bits per heavy atom. The lowest BCUT2D eigenvalue weighted by Gasteiger charge is -2.18. The zero-order valence-corrected chi connectivity index (χ0v) is 18.1. The van der Waals surface area contributed by atoms with Crippen LogP contribution in [0.5, 0.6) is 23.0 Å². The minimum atomic E-state index is -0.317. The molecule has 0 fully saturated rings. The van der Waals surface area contributed by atoms with Crippen molar-refractivity contribution in [2.75, 3.05) is 26.9 Å². The van der Waals surface area contributed by atoms with Crippen molar-refractivity contribution in [3.05, 3.63) is 47.0 Å². The van der Waals surface area contributed by atoms with Crippen molar-refractivity contribution in [3.63, 3.8) is 0 Å². The van der Waals surface area contributed by atoms with Crippen molar-refractivity contribution in [3.8, 4) is 23.0 Å². The highest BCUT2D eigenvalue weighted by Gasteiger charge is 2.22. The maximum atomic E-state index is 11.7. The molecule has 0 aliphatic carbocycles. The number of hydrogen-bond donors (Lipinski definition) is 1. The fraction of sp³-hybridized carbons (Fsp3) is 0.417. The maximum Gasteiger partial charge on any atom is 0.309 e. The van der Waals surface area contributed by atoms with Crippen molar-refractivity contribution in [1.82, 2.24) is 0 Å². The molecule has 31 heavy (non-hydrogen) atoms. The first-order valence-corrected chi connectivity index (χ1v) is 10.4. The summed E-state index contributed by atoms with van der Waals surface area (Å²) in [6.07, 6.45) is 1.58. The number of hydrogen-bond acceptors (Lipinski definition) is 7. The average Bonchev–Trinajstić information content (AvgIpc) is 2.96. The molecule has 2 aromatic rings. The lowest BCUT2D eigenvalue weighted by Crippen LogP contribution is -2.24. The Labute approximate surface area is 181 Å². The average molecular weight is 428 g/mol. The summed E-state index contributed by atoms with van der Waals surface area (Å²) >= 11 is 0. The van der Waals surface area contributed by atoms with Gasteiger partial charge in [0.05, 0.1) is 44.8 Å². The van der Waals surface area contributed by atoms with E-state index in [4.69, 9.17) is 18.9 Å². The summed E-state index contributed by atoms with van der Waals surface area (Å²) in [6.45, 7) is 4.56. The van der Waals surface area contributed by atoms with Gasteiger partial charge >= 0.3 is 5.97 Å². The van der Waals surface area contributed by atoms with E-state index in [0.717, 1.165) is 12.0 Å². The van der Waals surface area contributed by atoms with Crippen molar-refractivity contribution in [2.45, 2.75) is 33.1 Å². The highest BCUT2D eigenvalue weighted by atomic mass is 16.5. The molecule has 166 valence electrons. The smallest absolute Gasteiger partial charge is 0.309 e. The van der Waals surface area contributed by atoms with Crippen LogP contribution in [0.3, 0.4) is 0 Å². The number of ketones is 1. The molecule has 7 nitrogen and oxygen atoms in total. The molecular formula is C24H28O7. The molecule has 0 aromatic heterocycles. The third-order valence-electron chi connectivity index (χ3n) is 5.13. The summed E-state index contributed by atoms with van der Waals surface area (Å²) < 4.78 is 22.5. The minimum absolute atomic E-state index is 0.00856. The third kappa shape index (κ3) is 5.48. The molecular weight excluding hydrogens is 400 g/mol. The monoisotopic (exact) mass is 428 g/mol. The third-order valence-corrected chi connectivity index (χ3v) is 5.13. The van der Waals surface area contributed by atoms with E-state index < -0.39 is 0 Å². The number of Topliss-reactive ketones (excluding diaryl/α,β-unsaturated/α-hetero) is 1. The Hall–Kier alpha value is -3.22. The molecule has 1 unspecified atom stereocenters. The molecule has 2 aromatic carbocycles. The maximum absolute atomic E-state index is 11.7. The Balaban J connectivity index is 1.66. The second-order valence-electron chi connectivity index (χ2n) is 7.58. The van der Waals surface area contributed by atoms with Crippen LogP contribution < -0.4 is 14.2 Å². The second kappa shape index (κ2) is 10.2. The number of phenolic OH excluding ortho intramolecular Hbond substituents is 1. The predicted octanol–water partition coefficient (Wildman–Crippen LogP) is 3.73. The van der Waals surface area contributed by atoms with E-state index >= 15 is 0 Å². The number of rotatable bonds is 8. The van der Waals surface area contributed by atoms with Crippen molar-refractivity contribution >= 4 is 11.8 Å². The molecule has 0 saturated carbocycles. The number of aromatic hydroxyl groups is 1. The number of ether oxygens (including phenoxy) is 4. The number of esters is 1. The SMILES string of the molecule is CCCc1c(OCC2COc3ccc(CC(=O)OC)cc3OC2)ccc(C(C)=O)c1O. The molecule has 0 bridgehead atoms. The molecule has 1 aliphatic rings. The normalized spacial score (nSPS) is 15.1. The van der Waals surface area contributed by atoms with Gasteiger partial charge in [-0.2, -0.15) is 0 Å². The predicted molar refractivity (Wildman–Crippen MR) is 114 cm³/mol. The van der Waals surface area contributed by atoms with Crippen LogP contribution in [0.15, 0.2) is 30.3 Å². The van der Waals surface area contributed by atoms with Crippen LogP contribution in [0, 0.1) is 5.92 Å². The number of fused-ring (bicyclic) bond motifs is 1. The van der Waals surface area contributed by atoms with Gasteiger partial charge in [0.2, 0.25) is 0 Å². The van der Waals surface area contributed by atoms with Crippen molar-refractivity contribution < 1.29 is 33.6 Å². The molecule has 0 saturated heterocycles. The van der Waals surface area contributed by atoms with E-state index in [1.807, 2.05) is 13.0 Å². The molecule has 1 N–H and O–H groups in total. The van der Waals surface area contributed by atoms with Gasteiger partial charge in [0.25, 0.3) is 0 Å². The van der Waals surface area contributed by atoms with Crippen molar-refractivity contribution in [1.29, 1.82) is 0 Å². The van der Waals surface area contributed by atoms with Crippen LogP contribution in [0.25, 0.3) is 0 Å². The largest absolute Gasteiger partial charge is 0.507 e. The van der Waals surface area contributed by atoms with Gasteiger partial charge in [0.1, 0.15) is 11.5 Å². The zero-order chi connectivity index (χ0) is 22.4. The van der Waals surface area contributed by atoms with E-state index in [1.165, 1.54) is 14.0 Å². The number of benzene rings is 2. The van der Waals surface area contributed by atoms with E-state index in [2.05, 4.69) is 0 Å². The van der Waals surface area contributed by atoms with E-state index in [0.29, 0.717) is 54.6 Å². The number of carbonyl (C=O) groups excluding carboxylic acids is 2. The molecule has 0 radical (unpaired) electrons. The first kappa shape index (κ1) is 22.5. The van der Waals surface area contributed by atoms with Crippen LogP contribution in [-0.4, -0.2) is 43.8 Å². The lowest BCUT2D eigenvalue weighted by molar-refractivity contribution is -0.139. The molecule has 1 aliphatic heterocycles. The van der Waals surface area contributed by atoms with Gasteiger partial charge in [-0.15, -0.1) is 0 Å². The highest BCUT2D eigenvalue weighted by Crippen LogP contribution is 2.34. The van der Waals surface area contributed by atoms with Crippen LogP contribution >= 0.6 is 0 Å². The molecule has 7 heteroatoms. The molecule has 1 heterocycles. The van der Waals surface area contributed by atoms with E-state index in [9.17, 15) is 14.7 Å². The molecule has 0 amide bonds.